The molecule has 0 spiro atoms. The van der Waals surface area contributed by atoms with E-state index in [-0.39, 0.29) is 0 Å². The molecule has 0 radical (unpaired) electrons. The summed E-state index contributed by atoms with van der Waals surface area (Å²) in [6.45, 7) is 6.74. The summed E-state index contributed by atoms with van der Waals surface area (Å²) in [6.07, 6.45) is 0. The molecular formula is C21H25N5O. The summed E-state index contributed by atoms with van der Waals surface area (Å²) in [6, 6.07) is 17.5. The number of aromatic nitrogens is 2. The van der Waals surface area contributed by atoms with Crippen LogP contribution in [0.15, 0.2) is 48.5 Å². The van der Waals surface area contributed by atoms with Crippen molar-refractivity contribution in [2.24, 2.45) is 0 Å². The molecule has 3 heterocycles. The molecule has 2 fully saturated rings. The van der Waals surface area contributed by atoms with Crippen molar-refractivity contribution >= 4 is 16.6 Å². The molecule has 2 aromatic carbocycles. The number of rotatable bonds is 4. The van der Waals surface area contributed by atoms with Crippen molar-refractivity contribution in [3.05, 3.63) is 48.5 Å². The van der Waals surface area contributed by atoms with E-state index >= 15 is 0 Å². The van der Waals surface area contributed by atoms with E-state index in [0.29, 0.717) is 11.9 Å². The van der Waals surface area contributed by atoms with Gasteiger partial charge in [0.15, 0.2) is 0 Å². The largest absolute Gasteiger partial charge is 0.479 e. The van der Waals surface area contributed by atoms with E-state index in [2.05, 4.69) is 50.5 Å². The average molecular weight is 363 g/mol. The molecule has 3 aromatic rings. The molecule has 0 aliphatic carbocycles. The predicted molar refractivity (Wildman–Crippen MR) is 108 cm³/mol. The summed E-state index contributed by atoms with van der Waals surface area (Å²) >= 11 is 0. The van der Waals surface area contributed by atoms with Gasteiger partial charge in [0.05, 0.1) is 23.7 Å². The first-order valence-electron chi connectivity index (χ1n) is 9.65. The van der Waals surface area contributed by atoms with Crippen LogP contribution < -0.4 is 15.0 Å². The topological polar surface area (TPSA) is 45.6 Å². The fraction of sp³-hybridized carbons (Fsp3) is 0.381. The lowest BCUT2D eigenvalue weighted by atomic mass is 10.0. The zero-order chi connectivity index (χ0) is 18.2. The smallest absolute Gasteiger partial charge is 0.240 e. The maximum atomic E-state index is 5.51. The van der Waals surface area contributed by atoms with Crippen LogP contribution in [0.25, 0.3) is 16.6 Å². The number of anilines is 1. The number of fused-ring (bicyclic) bond motifs is 1. The fourth-order valence-corrected chi connectivity index (χ4v) is 4.13. The molecule has 0 bridgehead atoms. The first kappa shape index (κ1) is 16.6. The van der Waals surface area contributed by atoms with Crippen LogP contribution in [0.1, 0.15) is 0 Å². The second kappa shape index (κ2) is 6.87. The third-order valence-corrected chi connectivity index (χ3v) is 5.72. The number of nitrogens with one attached hydrogen (secondary N) is 1. The van der Waals surface area contributed by atoms with Crippen LogP contribution >= 0.6 is 0 Å². The molecule has 27 heavy (non-hydrogen) atoms. The van der Waals surface area contributed by atoms with E-state index in [1.165, 1.54) is 5.69 Å². The molecule has 5 rings (SSSR count). The highest BCUT2D eigenvalue weighted by Gasteiger charge is 2.32. The number of ether oxygens (including phenoxy) is 1. The van der Waals surface area contributed by atoms with E-state index in [1.54, 1.807) is 7.11 Å². The van der Waals surface area contributed by atoms with Gasteiger partial charge in [0, 0.05) is 51.0 Å². The number of methoxy groups -OCH3 is 1. The Morgan fingerprint density at radius 3 is 2.52 bits per heavy atom. The Bertz CT molecular complexity index is 926. The van der Waals surface area contributed by atoms with E-state index in [4.69, 9.17) is 4.74 Å². The Morgan fingerprint density at radius 2 is 1.78 bits per heavy atom. The molecule has 2 aliphatic heterocycles. The summed E-state index contributed by atoms with van der Waals surface area (Å²) < 4.78 is 7.49. The van der Waals surface area contributed by atoms with Gasteiger partial charge in [-0.1, -0.05) is 18.2 Å². The Labute approximate surface area is 159 Å². The summed E-state index contributed by atoms with van der Waals surface area (Å²) in [7, 11) is 1.68. The lowest BCUT2D eigenvalue weighted by Crippen LogP contribution is -2.62. The number of nitrogens with zero attached hydrogens (tertiary/aromatic N) is 4. The SMILES string of the molecule is COc1nn(-c2ccccc2)c2cc(N3CC(N4CCNCC4)C3)ccc12. The molecule has 6 heteroatoms. The van der Waals surface area contributed by atoms with Crippen molar-refractivity contribution < 1.29 is 4.74 Å². The molecule has 2 aliphatic rings. The van der Waals surface area contributed by atoms with Crippen LogP contribution in [0, 0.1) is 0 Å². The molecule has 0 amide bonds. The summed E-state index contributed by atoms with van der Waals surface area (Å²) in [5.41, 5.74) is 3.39. The van der Waals surface area contributed by atoms with Crippen LogP contribution in [0.2, 0.25) is 0 Å². The van der Waals surface area contributed by atoms with Gasteiger partial charge >= 0.3 is 0 Å². The monoisotopic (exact) mass is 363 g/mol. The third-order valence-electron chi connectivity index (χ3n) is 5.72. The average Bonchev–Trinajstić information content (AvgIpc) is 3.06. The minimum absolute atomic E-state index is 0.669. The van der Waals surface area contributed by atoms with Crippen molar-refractivity contribution in [1.82, 2.24) is 20.0 Å². The summed E-state index contributed by atoms with van der Waals surface area (Å²) in [4.78, 5) is 5.07. The molecule has 6 nitrogen and oxygen atoms in total. The van der Waals surface area contributed by atoms with Crippen molar-refractivity contribution in [2.75, 3.05) is 51.3 Å². The van der Waals surface area contributed by atoms with E-state index in [0.717, 1.165) is 55.9 Å². The zero-order valence-corrected chi connectivity index (χ0v) is 15.6. The van der Waals surface area contributed by atoms with Crippen molar-refractivity contribution in [3.63, 3.8) is 0 Å². The first-order valence-corrected chi connectivity index (χ1v) is 9.65. The Hall–Kier alpha value is -2.57. The zero-order valence-electron chi connectivity index (χ0n) is 15.6. The minimum atomic E-state index is 0.669. The van der Waals surface area contributed by atoms with Gasteiger partial charge in [-0.3, -0.25) is 4.90 Å². The second-order valence-electron chi connectivity index (χ2n) is 7.30. The number of para-hydroxylation sites is 1. The van der Waals surface area contributed by atoms with Crippen LogP contribution in [-0.4, -0.2) is 67.1 Å². The van der Waals surface area contributed by atoms with Crippen LogP contribution in [0.4, 0.5) is 5.69 Å². The second-order valence-corrected chi connectivity index (χ2v) is 7.30. The maximum Gasteiger partial charge on any atom is 0.240 e. The fourth-order valence-electron chi connectivity index (χ4n) is 4.13. The minimum Gasteiger partial charge on any atom is -0.479 e. The predicted octanol–water partition coefficient (Wildman–Crippen LogP) is 2.13. The Morgan fingerprint density at radius 1 is 1.00 bits per heavy atom. The molecule has 140 valence electrons. The molecule has 0 saturated carbocycles. The van der Waals surface area contributed by atoms with Crippen molar-refractivity contribution in [2.45, 2.75) is 6.04 Å². The first-order chi connectivity index (χ1) is 13.3. The number of hydrogen-bond acceptors (Lipinski definition) is 5. The summed E-state index contributed by atoms with van der Waals surface area (Å²) in [5.74, 6) is 0.669. The highest BCUT2D eigenvalue weighted by Crippen LogP contribution is 2.32. The molecule has 2 saturated heterocycles. The van der Waals surface area contributed by atoms with Gasteiger partial charge < -0.3 is 15.0 Å². The van der Waals surface area contributed by atoms with Crippen LogP contribution in [-0.2, 0) is 0 Å². The normalized spacial score (nSPS) is 18.6. The molecule has 1 N–H and O–H groups in total. The van der Waals surface area contributed by atoms with Crippen molar-refractivity contribution in [1.29, 1.82) is 0 Å². The van der Waals surface area contributed by atoms with Gasteiger partial charge in [-0.15, -0.1) is 5.10 Å². The highest BCUT2D eigenvalue weighted by atomic mass is 16.5. The van der Waals surface area contributed by atoms with Crippen molar-refractivity contribution in [3.8, 4) is 11.6 Å². The molecular weight excluding hydrogens is 338 g/mol. The third kappa shape index (κ3) is 2.95. The van der Waals surface area contributed by atoms with Gasteiger partial charge in [-0.2, -0.15) is 0 Å². The maximum absolute atomic E-state index is 5.51. The standard InChI is InChI=1S/C21H25N5O/c1-27-21-19-8-7-17(25-14-18(15-25)24-11-9-22-10-12-24)13-20(19)26(23-21)16-5-3-2-4-6-16/h2-8,13,18,22H,9-12,14-15H2,1H3. The van der Waals surface area contributed by atoms with Gasteiger partial charge in [-0.25, -0.2) is 4.68 Å². The Kier molecular flexibility index (Phi) is 4.22. The number of benzene rings is 2. The van der Waals surface area contributed by atoms with Gasteiger partial charge in [0.1, 0.15) is 0 Å². The van der Waals surface area contributed by atoms with Gasteiger partial charge in [0.2, 0.25) is 5.88 Å². The quantitative estimate of drug-likeness (QED) is 0.769. The van der Waals surface area contributed by atoms with E-state index in [9.17, 15) is 0 Å². The van der Waals surface area contributed by atoms with E-state index in [1.807, 2.05) is 22.9 Å². The lowest BCUT2D eigenvalue weighted by molar-refractivity contribution is 0.147. The van der Waals surface area contributed by atoms with E-state index < -0.39 is 0 Å². The van der Waals surface area contributed by atoms with Gasteiger partial charge in [0.25, 0.3) is 0 Å². The molecule has 1 aromatic heterocycles. The lowest BCUT2D eigenvalue weighted by Gasteiger charge is -2.48. The van der Waals surface area contributed by atoms with Crippen LogP contribution in [0.3, 0.4) is 0 Å². The molecule has 0 unspecified atom stereocenters. The number of piperazine rings is 1. The highest BCUT2D eigenvalue weighted by molar-refractivity contribution is 5.89. The number of hydrogen-bond donors (Lipinski definition) is 1. The van der Waals surface area contributed by atoms with Gasteiger partial charge in [-0.05, 0) is 30.3 Å². The molecule has 0 atom stereocenters. The van der Waals surface area contributed by atoms with Crippen LogP contribution in [0.5, 0.6) is 5.88 Å². The summed E-state index contributed by atoms with van der Waals surface area (Å²) in [5, 5.41) is 9.15. The Balaban J connectivity index is 1.43.